The van der Waals surface area contributed by atoms with Gasteiger partial charge in [0.25, 0.3) is 0 Å². The predicted molar refractivity (Wildman–Crippen MR) is 67.2 cm³/mol. The summed E-state index contributed by atoms with van der Waals surface area (Å²) < 4.78 is 45.8. The molecule has 2 rings (SSSR count). The second-order valence-electron chi connectivity index (χ2n) is 4.72. The normalized spacial score (nSPS) is 22.6. The van der Waals surface area contributed by atoms with Gasteiger partial charge in [-0.3, -0.25) is 0 Å². The number of methoxy groups -OCH3 is 1. The third kappa shape index (κ3) is 4.18. The molecule has 0 spiro atoms. The van der Waals surface area contributed by atoms with Crippen LogP contribution in [0.3, 0.4) is 0 Å². The van der Waals surface area contributed by atoms with Crippen LogP contribution < -0.4 is 9.64 Å². The lowest BCUT2D eigenvalue weighted by Gasteiger charge is -2.23. The van der Waals surface area contributed by atoms with Gasteiger partial charge in [-0.1, -0.05) is 0 Å². The summed E-state index contributed by atoms with van der Waals surface area (Å²) in [6, 6.07) is 2.69. The molecule has 0 aromatic carbocycles. The molecule has 0 aliphatic carbocycles. The van der Waals surface area contributed by atoms with Crippen LogP contribution >= 0.6 is 0 Å². The Hall–Kier alpha value is -1.61. The monoisotopic (exact) mass is 307 g/mol. The zero-order valence-corrected chi connectivity index (χ0v) is 11.4. The van der Waals surface area contributed by atoms with Crippen LogP contribution in [0.2, 0.25) is 0 Å². The van der Waals surface area contributed by atoms with Crippen LogP contribution in [0.5, 0.6) is 5.88 Å². The van der Waals surface area contributed by atoms with Crippen LogP contribution in [0, 0.1) is 0 Å². The molecule has 0 saturated carbocycles. The largest absolute Gasteiger partial charge is 0.467 e. The average molecular weight is 307 g/mol. The van der Waals surface area contributed by atoms with E-state index in [-0.39, 0.29) is 24.6 Å². The molecule has 21 heavy (non-hydrogen) atoms. The number of aliphatic hydroxyl groups excluding tert-OH is 1. The summed E-state index contributed by atoms with van der Waals surface area (Å²) in [7, 11) is 1.59. The predicted octanol–water partition coefficient (Wildman–Crippen LogP) is 1.00. The first-order valence-electron chi connectivity index (χ1n) is 6.36. The number of aromatic nitrogens is 2. The standard InChI is InChI=1S/C12H16F3N3O3/c1-20-9-4-8(6-19)18(5-9)10-2-3-11(17-16-10)21-7-12(13,14)15/h2-3,8-9,19H,4-7H2,1H3/t8-,9+/m0/s1. The van der Waals surface area contributed by atoms with Crippen LogP contribution in [0.1, 0.15) is 6.42 Å². The van der Waals surface area contributed by atoms with Gasteiger partial charge in [-0.2, -0.15) is 13.2 Å². The number of aliphatic hydroxyl groups is 1. The molecule has 0 amide bonds. The Morgan fingerprint density at radius 3 is 2.67 bits per heavy atom. The number of alkyl halides is 3. The fourth-order valence-electron chi connectivity index (χ4n) is 2.20. The molecular weight excluding hydrogens is 291 g/mol. The SMILES string of the molecule is CO[C@@H]1C[C@@H](CO)N(c2ccc(OCC(F)(F)F)nn2)C1. The van der Waals surface area contributed by atoms with Crippen molar-refractivity contribution in [3.63, 3.8) is 0 Å². The summed E-state index contributed by atoms with van der Waals surface area (Å²) in [5, 5.41) is 16.8. The van der Waals surface area contributed by atoms with E-state index in [1.807, 2.05) is 4.90 Å². The summed E-state index contributed by atoms with van der Waals surface area (Å²) in [5.74, 6) is 0.270. The van der Waals surface area contributed by atoms with Crippen molar-refractivity contribution in [3.05, 3.63) is 12.1 Å². The van der Waals surface area contributed by atoms with E-state index in [1.165, 1.54) is 12.1 Å². The first-order valence-corrected chi connectivity index (χ1v) is 6.36. The van der Waals surface area contributed by atoms with Crippen molar-refractivity contribution in [2.45, 2.75) is 24.7 Å². The summed E-state index contributed by atoms with van der Waals surface area (Å²) in [4.78, 5) is 1.81. The molecule has 1 aliphatic heterocycles. The number of nitrogens with zero attached hydrogens (tertiary/aromatic N) is 3. The van der Waals surface area contributed by atoms with E-state index in [9.17, 15) is 18.3 Å². The average Bonchev–Trinajstić information content (AvgIpc) is 2.88. The number of hydrogen-bond donors (Lipinski definition) is 1. The minimum atomic E-state index is -4.41. The van der Waals surface area contributed by atoms with Crippen molar-refractivity contribution >= 4 is 5.82 Å². The molecule has 0 bridgehead atoms. The lowest BCUT2D eigenvalue weighted by Crippen LogP contribution is -2.33. The molecule has 118 valence electrons. The first kappa shape index (κ1) is 15.8. The summed E-state index contributed by atoms with van der Waals surface area (Å²) in [5.41, 5.74) is 0. The first-order chi connectivity index (χ1) is 9.93. The molecular formula is C12H16F3N3O3. The van der Waals surface area contributed by atoms with Crippen molar-refractivity contribution in [2.75, 3.05) is 31.8 Å². The molecule has 2 heterocycles. The van der Waals surface area contributed by atoms with Crippen molar-refractivity contribution in [2.24, 2.45) is 0 Å². The lowest BCUT2D eigenvalue weighted by molar-refractivity contribution is -0.154. The molecule has 0 radical (unpaired) electrons. The fourth-order valence-corrected chi connectivity index (χ4v) is 2.20. The molecule has 6 nitrogen and oxygen atoms in total. The number of ether oxygens (including phenoxy) is 2. The number of hydrogen-bond acceptors (Lipinski definition) is 6. The second-order valence-corrected chi connectivity index (χ2v) is 4.72. The van der Waals surface area contributed by atoms with E-state index in [1.54, 1.807) is 7.11 Å². The van der Waals surface area contributed by atoms with Gasteiger partial charge in [-0.15, -0.1) is 10.2 Å². The van der Waals surface area contributed by atoms with Crippen LogP contribution in [-0.2, 0) is 4.74 Å². The zero-order chi connectivity index (χ0) is 15.5. The van der Waals surface area contributed by atoms with Gasteiger partial charge in [0.15, 0.2) is 12.4 Å². The number of rotatable bonds is 5. The highest BCUT2D eigenvalue weighted by Gasteiger charge is 2.33. The van der Waals surface area contributed by atoms with Gasteiger partial charge in [0.1, 0.15) is 0 Å². The maximum absolute atomic E-state index is 12.0. The van der Waals surface area contributed by atoms with E-state index < -0.39 is 12.8 Å². The maximum Gasteiger partial charge on any atom is 0.422 e. The van der Waals surface area contributed by atoms with Crippen LogP contribution in [0.4, 0.5) is 19.0 Å². The molecule has 1 N–H and O–H groups in total. The van der Waals surface area contributed by atoms with E-state index in [0.717, 1.165) is 0 Å². The Morgan fingerprint density at radius 2 is 2.14 bits per heavy atom. The Labute approximate surface area is 119 Å². The van der Waals surface area contributed by atoms with Crippen molar-refractivity contribution in [3.8, 4) is 5.88 Å². The van der Waals surface area contributed by atoms with Crippen LogP contribution in [-0.4, -0.2) is 60.5 Å². The van der Waals surface area contributed by atoms with E-state index >= 15 is 0 Å². The minimum absolute atomic E-state index is 0.0231. The topological polar surface area (TPSA) is 67.7 Å². The maximum atomic E-state index is 12.0. The highest BCUT2D eigenvalue weighted by molar-refractivity contribution is 5.41. The molecule has 1 aromatic rings. The molecule has 1 saturated heterocycles. The Kier molecular flexibility index (Phi) is 4.84. The Balaban J connectivity index is 2.01. The molecule has 1 fully saturated rings. The van der Waals surface area contributed by atoms with Crippen molar-refractivity contribution in [1.29, 1.82) is 0 Å². The quantitative estimate of drug-likeness (QED) is 0.875. The van der Waals surface area contributed by atoms with E-state index in [2.05, 4.69) is 14.9 Å². The van der Waals surface area contributed by atoms with Gasteiger partial charge in [0, 0.05) is 19.7 Å². The van der Waals surface area contributed by atoms with Crippen LogP contribution in [0.15, 0.2) is 12.1 Å². The molecule has 0 unspecified atom stereocenters. The highest BCUT2D eigenvalue weighted by Crippen LogP contribution is 2.26. The van der Waals surface area contributed by atoms with Crippen LogP contribution in [0.25, 0.3) is 0 Å². The number of halogens is 3. The molecule has 2 atom stereocenters. The minimum Gasteiger partial charge on any atom is -0.467 e. The fraction of sp³-hybridized carbons (Fsp3) is 0.667. The summed E-state index contributed by atoms with van der Waals surface area (Å²) in [6.07, 6.45) is -3.78. The van der Waals surface area contributed by atoms with Gasteiger partial charge in [0.05, 0.1) is 18.8 Å². The lowest BCUT2D eigenvalue weighted by atomic mass is 10.2. The van der Waals surface area contributed by atoms with E-state index in [0.29, 0.717) is 18.8 Å². The van der Waals surface area contributed by atoms with Gasteiger partial charge >= 0.3 is 6.18 Å². The highest BCUT2D eigenvalue weighted by atomic mass is 19.4. The Bertz CT molecular complexity index is 455. The Morgan fingerprint density at radius 1 is 1.38 bits per heavy atom. The summed E-state index contributed by atoms with van der Waals surface area (Å²) in [6.45, 7) is -0.928. The third-order valence-corrected chi connectivity index (χ3v) is 3.22. The van der Waals surface area contributed by atoms with E-state index in [4.69, 9.17) is 4.74 Å². The number of anilines is 1. The van der Waals surface area contributed by atoms with Crippen molar-refractivity contribution < 1.29 is 27.8 Å². The van der Waals surface area contributed by atoms with Gasteiger partial charge in [0.2, 0.25) is 5.88 Å². The van der Waals surface area contributed by atoms with Gasteiger partial charge < -0.3 is 19.5 Å². The van der Waals surface area contributed by atoms with Crippen molar-refractivity contribution in [1.82, 2.24) is 10.2 Å². The second kappa shape index (κ2) is 6.44. The molecule has 9 heteroatoms. The van der Waals surface area contributed by atoms with Gasteiger partial charge in [-0.25, -0.2) is 0 Å². The summed E-state index contributed by atoms with van der Waals surface area (Å²) >= 11 is 0. The smallest absolute Gasteiger partial charge is 0.422 e. The zero-order valence-electron chi connectivity index (χ0n) is 11.4. The van der Waals surface area contributed by atoms with Gasteiger partial charge in [-0.05, 0) is 12.5 Å². The molecule has 1 aliphatic rings. The third-order valence-electron chi connectivity index (χ3n) is 3.22. The molecule has 1 aromatic heterocycles.